The van der Waals surface area contributed by atoms with Crippen LogP contribution >= 0.6 is 0 Å². The third-order valence-electron chi connectivity index (χ3n) is 35.1. The molecule has 9 atom stereocenters. The number of esters is 8. The van der Waals surface area contributed by atoms with Crippen LogP contribution in [0.25, 0.3) is 0 Å². The minimum Gasteiger partial charge on any atom is -0.456 e. The van der Waals surface area contributed by atoms with Gasteiger partial charge in [0.05, 0.1) is 0 Å². The third kappa shape index (κ3) is 29.1. The molecule has 0 aromatic rings. The smallest absolute Gasteiger partial charge is 0.333 e. The molecule has 0 radical (unpaired) electrons. The molecule has 0 heterocycles. The van der Waals surface area contributed by atoms with Gasteiger partial charge in [-0.05, 0) is 334 Å². The van der Waals surface area contributed by atoms with Crippen LogP contribution in [-0.2, 0) is 76.3 Å². The van der Waals surface area contributed by atoms with Crippen LogP contribution < -0.4 is 0 Å². The third-order valence-corrected chi connectivity index (χ3v) is 35.1. The summed E-state index contributed by atoms with van der Waals surface area (Å²) in [5.74, 6) is 3.44. The summed E-state index contributed by atoms with van der Waals surface area (Å²) in [5.41, 5.74) is 0.554. The van der Waals surface area contributed by atoms with Crippen molar-refractivity contribution in [1.29, 1.82) is 0 Å². The lowest BCUT2D eigenvalue weighted by Crippen LogP contribution is -2.48. The van der Waals surface area contributed by atoms with E-state index in [0.29, 0.717) is 69.6 Å². The topological polar surface area (TPSA) is 210 Å². The first-order valence-electron chi connectivity index (χ1n) is 50.8. The molecule has 0 amide bonds. The second-order valence-corrected chi connectivity index (χ2v) is 45.2. The zero-order valence-electron chi connectivity index (χ0n) is 84.6. The average Bonchev–Trinajstić information content (AvgIpc) is 1.54. The number of hydrogen-bond acceptors (Lipinski definition) is 16. The first-order chi connectivity index (χ1) is 59.9. The molecule has 13 rings (SSSR count). The molecule has 6 bridgehead atoms. The summed E-state index contributed by atoms with van der Waals surface area (Å²) < 4.78 is 45.2. The lowest BCUT2D eigenvalue weighted by Gasteiger charge is -2.46. The Morgan fingerprint density at radius 3 is 0.898 bits per heavy atom. The molecule has 13 aliphatic rings. The van der Waals surface area contributed by atoms with Crippen LogP contribution in [0.2, 0.25) is 0 Å². The molecule has 9 unspecified atom stereocenters. The highest BCUT2D eigenvalue weighted by atomic mass is 16.6. The highest BCUT2D eigenvalue weighted by molar-refractivity contribution is 5.89. The van der Waals surface area contributed by atoms with Crippen LogP contribution in [0.4, 0.5) is 0 Å². The van der Waals surface area contributed by atoms with Crippen molar-refractivity contribution in [2.45, 2.75) is 485 Å². The Morgan fingerprint density at radius 2 is 0.586 bits per heavy atom. The molecule has 13 fully saturated rings. The van der Waals surface area contributed by atoms with Crippen molar-refractivity contribution >= 4 is 47.8 Å². The monoisotopic (exact) mass is 1780 g/mol. The molecule has 13 aliphatic carbocycles. The van der Waals surface area contributed by atoms with Crippen LogP contribution in [-0.4, -0.2) is 92.6 Å². The normalized spacial score (nSPS) is 29.2. The van der Waals surface area contributed by atoms with E-state index < -0.39 is 0 Å². The average molecular weight is 1780 g/mol. The quantitative estimate of drug-likeness (QED) is 0.0453. The van der Waals surface area contributed by atoms with Crippen molar-refractivity contribution < 1.29 is 76.3 Å². The van der Waals surface area contributed by atoms with Crippen LogP contribution in [0.5, 0.6) is 0 Å². The van der Waals surface area contributed by atoms with Gasteiger partial charge in [0.1, 0.15) is 44.8 Å². The molecular formula is C112H182O16. The SMILES string of the molecule is C=C(C)C(=O)OC(C)(C)C1CCCCC1.C=C(C)C(=O)OC(C)(C1CCCCC1)C1CCCCC1.C=C(C)C(=O)OC1(C)CC2CCC1(C)C2(C)C.C=C(C)C(=O)OC1(C)CCCCCC1.C=CC(=O)OC(C)(C1CCCCC1)C1CCCCC1.C=CC(=O)OC1(C)CC2CCC1(C)C2(C)C.C=CC(=O)OC1(C)CC2CCC1C2.C=CC(=O)OC1(C)CCCCCCC1. The summed E-state index contributed by atoms with van der Waals surface area (Å²) in [5, 5.41) is 0. The Labute approximate surface area is 778 Å². The summed E-state index contributed by atoms with van der Waals surface area (Å²) in [6.45, 7) is 68.0. The van der Waals surface area contributed by atoms with Crippen molar-refractivity contribution in [3.63, 3.8) is 0 Å². The van der Waals surface area contributed by atoms with Gasteiger partial charge in [-0.2, -0.15) is 0 Å². The Kier molecular flexibility index (Phi) is 41.9. The van der Waals surface area contributed by atoms with E-state index in [1.165, 1.54) is 275 Å². The fourth-order valence-electron chi connectivity index (χ4n) is 25.4. The van der Waals surface area contributed by atoms with Gasteiger partial charge in [0.25, 0.3) is 0 Å². The van der Waals surface area contributed by atoms with Gasteiger partial charge >= 0.3 is 47.8 Å². The predicted octanol–water partition coefficient (Wildman–Crippen LogP) is 28.9. The van der Waals surface area contributed by atoms with E-state index in [2.05, 4.69) is 129 Å². The number of carbonyl (C=O) groups excluding carboxylic acids is 8. The fraction of sp³-hybridized carbons (Fsp3) is 0.786. The van der Waals surface area contributed by atoms with Crippen LogP contribution in [0.3, 0.4) is 0 Å². The van der Waals surface area contributed by atoms with Crippen molar-refractivity contribution in [2.24, 2.45) is 74.9 Å². The number of hydrogen-bond donors (Lipinski definition) is 0. The van der Waals surface area contributed by atoms with Crippen molar-refractivity contribution in [1.82, 2.24) is 0 Å². The predicted molar refractivity (Wildman–Crippen MR) is 518 cm³/mol. The van der Waals surface area contributed by atoms with Crippen molar-refractivity contribution in [3.05, 3.63) is 99.2 Å². The summed E-state index contributed by atoms with van der Waals surface area (Å²) in [6, 6.07) is 0. The van der Waals surface area contributed by atoms with Gasteiger partial charge in [0, 0.05) is 57.4 Å². The standard InChI is InChI=1S/C18H30O2.C17H28O2.C15H24O2.C14H22O2.C13H22O2.2C12H20O2.C11H16O2/c1-14(2)17(19)20-18(3,15-10-6-4-7-11-15)16-12-8-5-9-13-16;1-3-16(18)19-17(2,14-10-6-4-7-11-14)15-12-8-5-9-13-15;1-10(2)12(16)17-15(6)9-11-7-8-14(15,5)13(11,3)4;1-6-11(15)16-14(5)9-10-7-8-13(14,4)12(10,2)3;1-10(2)12(14)15-13(3,4)11-8-6-5-7-9-11;1-10(2)11(13)14-12(3)8-6-4-5-7-9-12;1-3-11(13)14-12(2)9-7-5-4-6-8-10-12;1-3-10(12)13-11(2)7-8-4-5-9(11)6-8/h15-16H,1,4-13H2,2-3H3;3,14-15H,1,4-13H2,2H3;11H,1,7-9H2,2-6H3;6,10H,1,7-9H2,2-5H3;11H,1,5-9H2,2-4H3;1,4-9H2,2-3H3;3H,1,4-10H2,2H3;3,8-9H,1,4-7H2,2H3. The van der Waals surface area contributed by atoms with Crippen LogP contribution in [0, 0.1) is 74.9 Å². The summed E-state index contributed by atoms with van der Waals surface area (Å²) in [6.07, 6.45) is 63.5. The van der Waals surface area contributed by atoms with Gasteiger partial charge in [-0.15, -0.1) is 0 Å². The van der Waals surface area contributed by atoms with Gasteiger partial charge in [0.2, 0.25) is 0 Å². The van der Waals surface area contributed by atoms with Gasteiger partial charge in [-0.3, -0.25) is 0 Å². The summed E-state index contributed by atoms with van der Waals surface area (Å²) >= 11 is 0. The number of ether oxygens (including phenoxy) is 8. The molecular weight excluding hydrogens is 1600 g/mol. The van der Waals surface area contributed by atoms with Gasteiger partial charge in [0.15, 0.2) is 0 Å². The molecule has 0 saturated heterocycles. The Hall–Kier alpha value is -6.32. The first-order valence-corrected chi connectivity index (χ1v) is 50.8. The first kappa shape index (κ1) is 110. The molecule has 0 aromatic carbocycles. The van der Waals surface area contributed by atoms with Gasteiger partial charge in [-0.25, -0.2) is 38.4 Å². The fourth-order valence-corrected chi connectivity index (χ4v) is 25.4. The molecule has 13 saturated carbocycles. The van der Waals surface area contributed by atoms with E-state index in [9.17, 15) is 38.4 Å². The zero-order chi connectivity index (χ0) is 95.6. The minimum atomic E-state index is -0.337. The van der Waals surface area contributed by atoms with Gasteiger partial charge in [-0.1, -0.05) is 223 Å². The maximum atomic E-state index is 12.1. The highest BCUT2D eigenvalue weighted by Crippen LogP contribution is 2.72. The molecule has 0 N–H and O–H groups in total. The molecule has 726 valence electrons. The lowest BCUT2D eigenvalue weighted by molar-refractivity contribution is -0.172. The second kappa shape index (κ2) is 48.6. The van der Waals surface area contributed by atoms with E-state index >= 15 is 0 Å². The molecule has 16 heteroatoms. The zero-order valence-corrected chi connectivity index (χ0v) is 84.6. The maximum absolute atomic E-state index is 12.1. The summed E-state index contributed by atoms with van der Waals surface area (Å²) in [4.78, 5) is 92.3. The maximum Gasteiger partial charge on any atom is 0.333 e. The van der Waals surface area contributed by atoms with E-state index in [0.717, 1.165) is 63.7 Å². The van der Waals surface area contributed by atoms with E-state index in [1.807, 2.05) is 27.7 Å². The number of fused-ring (bicyclic) bond motifs is 6. The molecule has 0 spiro atoms. The summed E-state index contributed by atoms with van der Waals surface area (Å²) in [7, 11) is 0. The van der Waals surface area contributed by atoms with E-state index in [1.54, 1.807) is 27.7 Å². The molecule has 128 heavy (non-hydrogen) atoms. The highest BCUT2D eigenvalue weighted by Gasteiger charge is 2.70. The van der Waals surface area contributed by atoms with Crippen molar-refractivity contribution in [3.8, 4) is 0 Å². The van der Waals surface area contributed by atoms with E-state index in [-0.39, 0.29) is 114 Å². The van der Waals surface area contributed by atoms with Crippen molar-refractivity contribution in [2.75, 3.05) is 0 Å². The Morgan fingerprint density at radius 1 is 0.289 bits per heavy atom. The van der Waals surface area contributed by atoms with Crippen LogP contribution in [0.15, 0.2) is 99.2 Å². The number of carbonyl (C=O) groups is 8. The minimum absolute atomic E-state index is 0.0930. The van der Waals surface area contributed by atoms with E-state index in [4.69, 9.17) is 37.9 Å². The molecule has 0 aliphatic heterocycles. The Balaban J connectivity index is 0.000000226. The van der Waals surface area contributed by atoms with Gasteiger partial charge < -0.3 is 37.9 Å². The Bertz CT molecular complexity index is 3690. The van der Waals surface area contributed by atoms with Crippen LogP contribution in [0.1, 0.15) is 440 Å². The lowest BCUT2D eigenvalue weighted by atomic mass is 9.65. The largest absolute Gasteiger partial charge is 0.456 e. The molecule has 0 aromatic heterocycles. The second-order valence-electron chi connectivity index (χ2n) is 45.2. The number of rotatable bonds is 21. The molecule has 16 nitrogen and oxygen atoms in total.